The third-order valence-electron chi connectivity index (χ3n) is 2.78. The Morgan fingerprint density at radius 2 is 2.12 bits per heavy atom. The van der Waals surface area contributed by atoms with Gasteiger partial charge in [-0.15, -0.1) is 0 Å². The summed E-state index contributed by atoms with van der Waals surface area (Å²) in [7, 11) is 0. The third kappa shape index (κ3) is 5.04. The normalized spacial score (nSPS) is 10.6. The van der Waals surface area contributed by atoms with Crippen LogP contribution >= 0.6 is 27.5 Å². The first-order chi connectivity index (χ1) is 11.5. The quantitative estimate of drug-likeness (QED) is 0.446. The highest BCUT2D eigenvalue weighted by molar-refractivity contribution is 9.10. The lowest BCUT2D eigenvalue weighted by Gasteiger charge is -2.07. The molecule has 2 rings (SSSR count). The van der Waals surface area contributed by atoms with Crippen molar-refractivity contribution in [2.75, 3.05) is 6.61 Å². The third-order valence-corrected chi connectivity index (χ3v) is 3.57. The van der Waals surface area contributed by atoms with Crippen LogP contribution in [0.3, 0.4) is 0 Å². The minimum Gasteiger partial charge on any atom is -0.482 e. The largest absolute Gasteiger partial charge is 0.482 e. The van der Waals surface area contributed by atoms with Crippen LogP contribution < -0.4 is 10.2 Å². The molecule has 0 bridgehead atoms. The predicted octanol–water partition coefficient (Wildman–Crippen LogP) is 3.54. The fourth-order valence-electron chi connectivity index (χ4n) is 1.70. The van der Waals surface area contributed by atoms with Crippen LogP contribution in [0.5, 0.6) is 5.75 Å². The van der Waals surface area contributed by atoms with E-state index in [1.165, 1.54) is 18.3 Å². The van der Waals surface area contributed by atoms with Crippen molar-refractivity contribution in [1.82, 2.24) is 5.43 Å². The van der Waals surface area contributed by atoms with Crippen LogP contribution in [-0.2, 0) is 4.79 Å². The lowest BCUT2D eigenvalue weighted by Crippen LogP contribution is -2.24. The number of hydrogen-bond acceptors (Lipinski definition) is 5. The van der Waals surface area contributed by atoms with Crippen molar-refractivity contribution in [2.45, 2.75) is 0 Å². The van der Waals surface area contributed by atoms with Crippen LogP contribution in [0.4, 0.5) is 5.69 Å². The molecule has 0 aliphatic rings. The fraction of sp³-hybridized carbons (Fsp3) is 0.0667. The lowest BCUT2D eigenvalue weighted by molar-refractivity contribution is -0.385. The summed E-state index contributed by atoms with van der Waals surface area (Å²) in [5.74, 6) is -0.165. The number of nitrogens with one attached hydrogen (secondary N) is 1. The molecule has 0 radical (unpaired) electrons. The van der Waals surface area contributed by atoms with E-state index in [1.54, 1.807) is 30.3 Å². The smallest absolute Gasteiger partial charge is 0.278 e. The van der Waals surface area contributed by atoms with Gasteiger partial charge in [0.1, 0.15) is 5.75 Å². The van der Waals surface area contributed by atoms with Crippen molar-refractivity contribution >= 4 is 45.3 Å². The summed E-state index contributed by atoms with van der Waals surface area (Å²) in [6.45, 7) is -0.296. The SMILES string of the molecule is O=C(COc1ccc(Br)cc1Cl)N/N=C/c1ccccc1[N+](=O)[O-]. The highest BCUT2D eigenvalue weighted by Gasteiger charge is 2.10. The van der Waals surface area contributed by atoms with Gasteiger partial charge in [-0.1, -0.05) is 39.7 Å². The van der Waals surface area contributed by atoms with Gasteiger partial charge >= 0.3 is 0 Å². The summed E-state index contributed by atoms with van der Waals surface area (Å²) >= 11 is 9.23. The molecule has 1 N–H and O–H groups in total. The number of benzene rings is 2. The van der Waals surface area contributed by atoms with E-state index < -0.39 is 10.8 Å². The number of amides is 1. The van der Waals surface area contributed by atoms with Crippen molar-refractivity contribution in [3.63, 3.8) is 0 Å². The molecule has 0 heterocycles. The maximum Gasteiger partial charge on any atom is 0.278 e. The Kier molecular flexibility index (Phi) is 6.28. The van der Waals surface area contributed by atoms with E-state index in [0.29, 0.717) is 10.8 Å². The van der Waals surface area contributed by atoms with Gasteiger partial charge < -0.3 is 4.74 Å². The Labute approximate surface area is 150 Å². The molecule has 0 saturated carbocycles. The first-order valence-electron chi connectivity index (χ1n) is 6.60. The number of hydrazone groups is 1. The molecule has 0 aliphatic heterocycles. The van der Waals surface area contributed by atoms with E-state index in [1.807, 2.05) is 0 Å². The number of ether oxygens (including phenoxy) is 1. The number of nitro groups is 1. The van der Waals surface area contributed by atoms with Crippen LogP contribution in [0.2, 0.25) is 5.02 Å². The minimum absolute atomic E-state index is 0.103. The van der Waals surface area contributed by atoms with Gasteiger partial charge in [-0.05, 0) is 24.3 Å². The molecule has 0 fully saturated rings. The van der Waals surface area contributed by atoms with Gasteiger partial charge in [-0.3, -0.25) is 14.9 Å². The number of nitro benzene ring substituents is 1. The van der Waals surface area contributed by atoms with Crippen LogP contribution in [-0.4, -0.2) is 23.7 Å². The number of halogens is 2. The van der Waals surface area contributed by atoms with Gasteiger partial charge in [0.25, 0.3) is 11.6 Å². The summed E-state index contributed by atoms with van der Waals surface area (Å²) < 4.78 is 6.06. The van der Waals surface area contributed by atoms with E-state index in [-0.39, 0.29) is 17.9 Å². The van der Waals surface area contributed by atoms with Gasteiger partial charge in [-0.25, -0.2) is 5.43 Å². The Balaban J connectivity index is 1.90. The standard InChI is InChI=1S/C15H11BrClN3O4/c16-11-5-6-14(12(17)7-11)24-9-15(21)19-18-8-10-3-1-2-4-13(10)20(22)23/h1-8H,9H2,(H,19,21)/b18-8+. The topological polar surface area (TPSA) is 93.8 Å². The second-order valence-corrected chi connectivity index (χ2v) is 5.80. The fourth-order valence-corrected chi connectivity index (χ4v) is 2.43. The molecule has 1 amide bonds. The molecule has 0 atom stereocenters. The molecule has 24 heavy (non-hydrogen) atoms. The number of rotatable bonds is 6. The van der Waals surface area contributed by atoms with Gasteiger partial charge in [0, 0.05) is 10.5 Å². The first kappa shape index (κ1) is 17.9. The van der Waals surface area contributed by atoms with Crippen LogP contribution in [0.15, 0.2) is 52.0 Å². The number of carbonyl (C=O) groups excluding carboxylic acids is 1. The molecule has 0 saturated heterocycles. The van der Waals surface area contributed by atoms with Gasteiger partial charge in [0.05, 0.1) is 21.7 Å². The Bertz CT molecular complexity index is 798. The van der Waals surface area contributed by atoms with Crippen LogP contribution in [0.25, 0.3) is 0 Å². The zero-order valence-corrected chi connectivity index (χ0v) is 14.5. The molecule has 0 spiro atoms. The first-order valence-corrected chi connectivity index (χ1v) is 7.77. The van der Waals surface area contributed by atoms with E-state index in [4.69, 9.17) is 16.3 Å². The maximum atomic E-state index is 11.7. The Morgan fingerprint density at radius 1 is 1.38 bits per heavy atom. The molecule has 0 aromatic heterocycles. The maximum absolute atomic E-state index is 11.7. The Hall–Kier alpha value is -2.45. The molecule has 0 aliphatic carbocycles. The number of para-hydroxylation sites is 1. The van der Waals surface area contributed by atoms with Crippen molar-refractivity contribution in [2.24, 2.45) is 5.10 Å². The van der Waals surface area contributed by atoms with Crippen molar-refractivity contribution in [3.05, 3.63) is 67.6 Å². The molecule has 7 nitrogen and oxygen atoms in total. The average molecular weight is 413 g/mol. The summed E-state index contributed by atoms with van der Waals surface area (Å²) in [5, 5.41) is 14.9. The highest BCUT2D eigenvalue weighted by atomic mass is 79.9. The van der Waals surface area contributed by atoms with E-state index >= 15 is 0 Å². The van der Waals surface area contributed by atoms with Crippen LogP contribution in [0, 0.1) is 10.1 Å². The average Bonchev–Trinajstić information content (AvgIpc) is 2.54. The molecule has 9 heteroatoms. The summed E-state index contributed by atoms with van der Waals surface area (Å²) in [4.78, 5) is 22.0. The summed E-state index contributed by atoms with van der Waals surface area (Å²) in [5.41, 5.74) is 2.40. The van der Waals surface area contributed by atoms with Crippen LogP contribution in [0.1, 0.15) is 5.56 Å². The molecule has 124 valence electrons. The molecule has 2 aromatic rings. The summed E-state index contributed by atoms with van der Waals surface area (Å²) in [6.07, 6.45) is 1.20. The molecular formula is C15H11BrClN3O4. The second kappa shape index (κ2) is 8.42. The zero-order chi connectivity index (χ0) is 17.5. The minimum atomic E-state index is -0.526. The zero-order valence-electron chi connectivity index (χ0n) is 12.1. The van der Waals surface area contributed by atoms with Crippen molar-refractivity contribution in [3.8, 4) is 5.75 Å². The summed E-state index contributed by atoms with van der Waals surface area (Å²) in [6, 6.07) is 11.0. The molecule has 2 aromatic carbocycles. The van der Waals surface area contributed by atoms with Gasteiger partial charge in [0.2, 0.25) is 0 Å². The predicted molar refractivity (Wildman–Crippen MR) is 93.5 cm³/mol. The van der Waals surface area contributed by atoms with Gasteiger partial charge in [-0.2, -0.15) is 5.10 Å². The second-order valence-electron chi connectivity index (χ2n) is 4.47. The molecule has 0 unspecified atom stereocenters. The molecular weight excluding hydrogens is 402 g/mol. The number of carbonyl (C=O) groups is 1. The van der Waals surface area contributed by atoms with Crippen molar-refractivity contribution < 1.29 is 14.5 Å². The highest BCUT2D eigenvalue weighted by Crippen LogP contribution is 2.27. The lowest BCUT2D eigenvalue weighted by atomic mass is 10.2. The van der Waals surface area contributed by atoms with E-state index in [0.717, 1.165) is 4.47 Å². The monoisotopic (exact) mass is 411 g/mol. The Morgan fingerprint density at radius 3 is 2.83 bits per heavy atom. The number of hydrogen-bond donors (Lipinski definition) is 1. The van der Waals surface area contributed by atoms with E-state index in [2.05, 4.69) is 26.5 Å². The number of nitrogens with zero attached hydrogens (tertiary/aromatic N) is 2. The van der Waals surface area contributed by atoms with E-state index in [9.17, 15) is 14.9 Å². The van der Waals surface area contributed by atoms with Crippen molar-refractivity contribution in [1.29, 1.82) is 0 Å². The van der Waals surface area contributed by atoms with Gasteiger partial charge in [0.15, 0.2) is 6.61 Å².